The second kappa shape index (κ2) is 6.26. The van der Waals surface area contributed by atoms with Crippen molar-refractivity contribution in [1.29, 1.82) is 0 Å². The number of anilines is 1. The zero-order valence-electron chi connectivity index (χ0n) is 13.4. The van der Waals surface area contributed by atoms with Crippen LogP contribution in [-0.2, 0) is 11.2 Å². The molecule has 0 spiro atoms. The number of amides is 1. The Balaban J connectivity index is 1.72. The van der Waals surface area contributed by atoms with E-state index >= 15 is 0 Å². The molecule has 4 N–H and O–H groups in total. The summed E-state index contributed by atoms with van der Waals surface area (Å²) in [5.74, 6) is -0.165. The molecule has 23 heavy (non-hydrogen) atoms. The van der Waals surface area contributed by atoms with E-state index in [1.165, 1.54) is 5.56 Å². The van der Waals surface area contributed by atoms with Gasteiger partial charge in [-0.3, -0.25) is 4.79 Å². The third kappa shape index (κ3) is 3.27. The quantitative estimate of drug-likeness (QED) is 0.692. The van der Waals surface area contributed by atoms with Gasteiger partial charge in [0.05, 0.1) is 6.04 Å². The Bertz CT molecular complexity index is 851. The van der Waals surface area contributed by atoms with E-state index in [1.54, 1.807) is 0 Å². The molecule has 1 amide bonds. The van der Waals surface area contributed by atoms with Crippen molar-refractivity contribution in [3.8, 4) is 0 Å². The molecule has 3 rings (SSSR count). The van der Waals surface area contributed by atoms with Gasteiger partial charge in [-0.25, -0.2) is 0 Å². The number of H-pyrrole nitrogens is 1. The van der Waals surface area contributed by atoms with Crippen LogP contribution in [0, 0.1) is 13.8 Å². The molecular formula is C19H21N3O. The summed E-state index contributed by atoms with van der Waals surface area (Å²) in [6, 6.07) is 13.4. The number of fused-ring (bicyclic) bond motifs is 1. The molecular weight excluding hydrogens is 286 g/mol. The number of carbonyl (C=O) groups excluding carboxylic acids is 1. The first-order valence-electron chi connectivity index (χ1n) is 7.73. The van der Waals surface area contributed by atoms with Gasteiger partial charge in [-0.2, -0.15) is 0 Å². The largest absolute Gasteiger partial charge is 0.361 e. The lowest BCUT2D eigenvalue weighted by atomic mass is 10.0. The molecule has 1 aromatic heterocycles. The molecule has 0 saturated heterocycles. The van der Waals surface area contributed by atoms with Gasteiger partial charge in [-0.05, 0) is 43.5 Å². The predicted octanol–water partition coefficient (Wildman–Crippen LogP) is 3.29. The van der Waals surface area contributed by atoms with Crippen LogP contribution < -0.4 is 11.1 Å². The Morgan fingerprint density at radius 1 is 1.22 bits per heavy atom. The van der Waals surface area contributed by atoms with Crippen molar-refractivity contribution >= 4 is 22.5 Å². The van der Waals surface area contributed by atoms with E-state index in [9.17, 15) is 4.79 Å². The van der Waals surface area contributed by atoms with E-state index in [2.05, 4.69) is 10.3 Å². The average Bonchev–Trinajstić information content (AvgIpc) is 2.93. The van der Waals surface area contributed by atoms with Crippen LogP contribution in [0.5, 0.6) is 0 Å². The van der Waals surface area contributed by atoms with Crippen LogP contribution in [0.25, 0.3) is 10.9 Å². The van der Waals surface area contributed by atoms with Gasteiger partial charge < -0.3 is 16.0 Å². The third-order valence-electron chi connectivity index (χ3n) is 4.09. The number of benzene rings is 2. The molecule has 0 bridgehead atoms. The van der Waals surface area contributed by atoms with Gasteiger partial charge in [-0.15, -0.1) is 0 Å². The van der Waals surface area contributed by atoms with Crippen molar-refractivity contribution < 1.29 is 4.79 Å². The van der Waals surface area contributed by atoms with Crippen molar-refractivity contribution in [2.75, 3.05) is 5.32 Å². The predicted molar refractivity (Wildman–Crippen MR) is 94.5 cm³/mol. The number of para-hydroxylation sites is 1. The van der Waals surface area contributed by atoms with E-state index < -0.39 is 6.04 Å². The Morgan fingerprint density at radius 2 is 2.00 bits per heavy atom. The fraction of sp³-hybridized carbons (Fsp3) is 0.211. The summed E-state index contributed by atoms with van der Waals surface area (Å²) >= 11 is 0. The topological polar surface area (TPSA) is 70.9 Å². The van der Waals surface area contributed by atoms with Crippen LogP contribution in [0.15, 0.2) is 48.7 Å². The van der Waals surface area contributed by atoms with Crippen LogP contribution in [0.2, 0.25) is 0 Å². The molecule has 1 atom stereocenters. The number of hydrogen-bond acceptors (Lipinski definition) is 2. The van der Waals surface area contributed by atoms with Crippen LogP contribution in [0.3, 0.4) is 0 Å². The summed E-state index contributed by atoms with van der Waals surface area (Å²) in [7, 11) is 0. The van der Waals surface area contributed by atoms with Crippen molar-refractivity contribution in [3.05, 3.63) is 65.4 Å². The van der Waals surface area contributed by atoms with Gasteiger partial charge in [-0.1, -0.05) is 35.9 Å². The number of aromatic nitrogens is 1. The molecule has 0 fully saturated rings. The number of nitrogens with one attached hydrogen (secondary N) is 2. The molecule has 118 valence electrons. The maximum atomic E-state index is 12.4. The fourth-order valence-corrected chi connectivity index (χ4v) is 2.81. The molecule has 2 aromatic carbocycles. The van der Waals surface area contributed by atoms with E-state index in [1.807, 2.05) is 62.5 Å². The number of hydrogen-bond donors (Lipinski definition) is 3. The van der Waals surface area contributed by atoms with Crippen molar-refractivity contribution in [3.63, 3.8) is 0 Å². The third-order valence-corrected chi connectivity index (χ3v) is 4.09. The number of carbonyl (C=O) groups is 1. The molecule has 4 heteroatoms. The standard InChI is InChI=1S/C19H21N3O/c1-12-7-8-17(13(2)9-12)22-19(23)16(20)10-14-11-21-18-6-4-3-5-15(14)18/h3-9,11,16,21H,10,20H2,1-2H3,(H,22,23). The summed E-state index contributed by atoms with van der Waals surface area (Å²) in [5, 5.41) is 4.04. The van der Waals surface area contributed by atoms with E-state index in [0.29, 0.717) is 6.42 Å². The van der Waals surface area contributed by atoms with Gasteiger partial charge in [0.1, 0.15) is 0 Å². The lowest BCUT2D eigenvalue weighted by Crippen LogP contribution is -2.37. The average molecular weight is 307 g/mol. The van der Waals surface area contributed by atoms with Crippen molar-refractivity contribution in [2.45, 2.75) is 26.3 Å². The normalized spacial score (nSPS) is 12.3. The number of rotatable bonds is 4. The van der Waals surface area contributed by atoms with Crippen LogP contribution >= 0.6 is 0 Å². The summed E-state index contributed by atoms with van der Waals surface area (Å²) in [4.78, 5) is 15.6. The molecule has 0 aliphatic heterocycles. The molecule has 4 nitrogen and oxygen atoms in total. The molecule has 0 radical (unpaired) electrons. The minimum atomic E-state index is -0.588. The van der Waals surface area contributed by atoms with Gasteiger partial charge in [0, 0.05) is 22.8 Å². The highest BCUT2D eigenvalue weighted by atomic mass is 16.2. The molecule has 1 unspecified atom stereocenters. The van der Waals surface area contributed by atoms with Crippen LogP contribution in [-0.4, -0.2) is 16.9 Å². The summed E-state index contributed by atoms with van der Waals surface area (Å²) in [6.07, 6.45) is 2.43. The number of aromatic amines is 1. The SMILES string of the molecule is Cc1ccc(NC(=O)C(N)Cc2c[nH]c3ccccc23)c(C)c1. The molecule has 0 aliphatic carbocycles. The maximum Gasteiger partial charge on any atom is 0.241 e. The Kier molecular flexibility index (Phi) is 4.17. The lowest BCUT2D eigenvalue weighted by Gasteiger charge is -2.14. The highest BCUT2D eigenvalue weighted by Gasteiger charge is 2.17. The number of nitrogens with two attached hydrogens (primary N) is 1. The highest BCUT2D eigenvalue weighted by molar-refractivity contribution is 5.96. The molecule has 0 aliphatic rings. The first kappa shape index (κ1) is 15.3. The minimum Gasteiger partial charge on any atom is -0.361 e. The summed E-state index contributed by atoms with van der Waals surface area (Å²) < 4.78 is 0. The van der Waals surface area contributed by atoms with Gasteiger partial charge >= 0.3 is 0 Å². The first-order chi connectivity index (χ1) is 11.0. The zero-order valence-corrected chi connectivity index (χ0v) is 13.4. The summed E-state index contributed by atoms with van der Waals surface area (Å²) in [6.45, 7) is 4.01. The molecule has 0 saturated carbocycles. The Labute approximate surface area is 135 Å². The van der Waals surface area contributed by atoms with Gasteiger partial charge in [0.25, 0.3) is 0 Å². The zero-order chi connectivity index (χ0) is 16.4. The van der Waals surface area contributed by atoms with Crippen LogP contribution in [0.4, 0.5) is 5.69 Å². The smallest absolute Gasteiger partial charge is 0.241 e. The second-order valence-electron chi connectivity index (χ2n) is 5.98. The molecule has 3 aromatic rings. The first-order valence-corrected chi connectivity index (χ1v) is 7.73. The fourth-order valence-electron chi connectivity index (χ4n) is 2.81. The van der Waals surface area contributed by atoms with Crippen LogP contribution in [0.1, 0.15) is 16.7 Å². The maximum absolute atomic E-state index is 12.4. The highest BCUT2D eigenvalue weighted by Crippen LogP contribution is 2.20. The van der Waals surface area contributed by atoms with E-state index in [0.717, 1.165) is 27.7 Å². The monoisotopic (exact) mass is 307 g/mol. The number of aryl methyl sites for hydroxylation is 2. The van der Waals surface area contributed by atoms with Crippen molar-refractivity contribution in [1.82, 2.24) is 4.98 Å². The second-order valence-corrected chi connectivity index (χ2v) is 5.98. The summed E-state index contributed by atoms with van der Waals surface area (Å²) in [5.41, 5.74) is 11.2. The Morgan fingerprint density at radius 3 is 2.78 bits per heavy atom. The van der Waals surface area contributed by atoms with E-state index in [4.69, 9.17) is 5.73 Å². The Hall–Kier alpha value is -2.59. The minimum absolute atomic E-state index is 0.165. The lowest BCUT2D eigenvalue weighted by molar-refractivity contribution is -0.117. The van der Waals surface area contributed by atoms with Gasteiger partial charge in [0.2, 0.25) is 5.91 Å². The molecule has 1 heterocycles. The van der Waals surface area contributed by atoms with E-state index in [-0.39, 0.29) is 5.91 Å². The van der Waals surface area contributed by atoms with Gasteiger partial charge in [0.15, 0.2) is 0 Å². The van der Waals surface area contributed by atoms with Crippen molar-refractivity contribution in [2.24, 2.45) is 5.73 Å².